The summed E-state index contributed by atoms with van der Waals surface area (Å²) in [7, 11) is 0. The molecular formula is C14H19NO. The van der Waals surface area contributed by atoms with Gasteiger partial charge in [0.25, 0.3) is 0 Å². The molecule has 2 aliphatic rings. The predicted molar refractivity (Wildman–Crippen MR) is 64.8 cm³/mol. The number of fused-ring (bicyclic) bond motifs is 1. The summed E-state index contributed by atoms with van der Waals surface area (Å²) < 4.78 is 5.79. The van der Waals surface area contributed by atoms with Gasteiger partial charge in [0.05, 0.1) is 6.61 Å². The smallest absolute Gasteiger partial charge is 0.126 e. The van der Waals surface area contributed by atoms with E-state index in [2.05, 4.69) is 18.2 Å². The van der Waals surface area contributed by atoms with Crippen molar-refractivity contribution < 1.29 is 4.74 Å². The maximum absolute atomic E-state index is 5.87. The van der Waals surface area contributed by atoms with Gasteiger partial charge >= 0.3 is 0 Å². The number of hydrogen-bond donors (Lipinski definition) is 1. The molecule has 2 heteroatoms. The molecule has 1 heterocycles. The third-order valence-electron chi connectivity index (χ3n) is 4.11. The zero-order valence-electron chi connectivity index (χ0n) is 9.61. The highest BCUT2D eigenvalue weighted by molar-refractivity contribution is 5.46. The molecule has 16 heavy (non-hydrogen) atoms. The maximum Gasteiger partial charge on any atom is 0.126 e. The molecule has 0 bridgehead atoms. The van der Waals surface area contributed by atoms with Crippen molar-refractivity contribution in [2.75, 3.05) is 13.2 Å². The average molecular weight is 217 g/mol. The predicted octanol–water partition coefficient (Wildman–Crippen LogP) is 2.46. The van der Waals surface area contributed by atoms with Crippen molar-refractivity contribution in [3.63, 3.8) is 0 Å². The number of nitrogens with two attached hydrogens (primary N) is 1. The first-order chi connectivity index (χ1) is 7.90. The lowest BCUT2D eigenvalue weighted by atomic mass is 9.87. The van der Waals surface area contributed by atoms with E-state index in [1.807, 2.05) is 0 Å². The summed E-state index contributed by atoms with van der Waals surface area (Å²) in [5, 5.41) is 0. The molecule has 0 radical (unpaired) electrons. The summed E-state index contributed by atoms with van der Waals surface area (Å²) in [5.41, 5.74) is 8.67. The second kappa shape index (κ2) is 4.10. The average Bonchev–Trinajstić information content (AvgIpc) is 2.96. The van der Waals surface area contributed by atoms with Crippen molar-refractivity contribution in [1.82, 2.24) is 0 Å². The summed E-state index contributed by atoms with van der Waals surface area (Å²) >= 11 is 0. The van der Waals surface area contributed by atoms with Crippen LogP contribution in [-0.2, 0) is 6.42 Å². The maximum atomic E-state index is 5.87. The summed E-state index contributed by atoms with van der Waals surface area (Å²) in [6.45, 7) is 1.67. The van der Waals surface area contributed by atoms with Crippen LogP contribution in [0.2, 0.25) is 0 Å². The van der Waals surface area contributed by atoms with Crippen molar-refractivity contribution >= 4 is 0 Å². The van der Waals surface area contributed by atoms with E-state index in [1.165, 1.54) is 36.1 Å². The minimum atomic E-state index is 0.637. The fourth-order valence-corrected chi connectivity index (χ4v) is 3.26. The lowest BCUT2D eigenvalue weighted by Gasteiger charge is -2.20. The van der Waals surface area contributed by atoms with Crippen LogP contribution in [0.5, 0.6) is 5.75 Å². The lowest BCUT2D eigenvalue weighted by Crippen LogP contribution is -2.17. The first-order valence-electron chi connectivity index (χ1n) is 6.35. The standard InChI is InChI=1S/C14H19NO/c15-9-11-4-2-5-12(11)13-6-1-3-10-7-8-16-14(10)13/h1,3,6,11-12H,2,4-5,7-9,15H2. The van der Waals surface area contributed by atoms with Crippen molar-refractivity contribution in [3.05, 3.63) is 29.3 Å². The normalized spacial score (nSPS) is 27.8. The van der Waals surface area contributed by atoms with E-state index < -0.39 is 0 Å². The van der Waals surface area contributed by atoms with Crippen molar-refractivity contribution in [3.8, 4) is 5.75 Å². The quantitative estimate of drug-likeness (QED) is 0.826. The van der Waals surface area contributed by atoms with Crippen LogP contribution in [0.4, 0.5) is 0 Å². The van der Waals surface area contributed by atoms with Crippen LogP contribution in [-0.4, -0.2) is 13.2 Å². The number of rotatable bonds is 2. The van der Waals surface area contributed by atoms with Crippen LogP contribution in [0.15, 0.2) is 18.2 Å². The van der Waals surface area contributed by atoms with Crippen LogP contribution >= 0.6 is 0 Å². The Morgan fingerprint density at radius 3 is 3.12 bits per heavy atom. The molecule has 3 rings (SSSR count). The summed E-state index contributed by atoms with van der Waals surface area (Å²) in [6.07, 6.45) is 4.95. The molecule has 1 aliphatic heterocycles. The van der Waals surface area contributed by atoms with Gasteiger partial charge in [0.15, 0.2) is 0 Å². The van der Waals surface area contributed by atoms with Gasteiger partial charge in [-0.3, -0.25) is 0 Å². The topological polar surface area (TPSA) is 35.2 Å². The van der Waals surface area contributed by atoms with Gasteiger partial charge in [0.1, 0.15) is 5.75 Å². The van der Waals surface area contributed by atoms with Crippen LogP contribution in [0, 0.1) is 5.92 Å². The molecule has 86 valence electrons. The second-order valence-electron chi connectivity index (χ2n) is 4.97. The minimum absolute atomic E-state index is 0.637. The highest BCUT2D eigenvalue weighted by atomic mass is 16.5. The summed E-state index contributed by atoms with van der Waals surface area (Å²) in [4.78, 5) is 0. The van der Waals surface area contributed by atoms with E-state index in [9.17, 15) is 0 Å². The molecule has 2 N–H and O–H groups in total. The highest BCUT2D eigenvalue weighted by Crippen LogP contribution is 2.44. The minimum Gasteiger partial charge on any atom is -0.493 e. The molecule has 0 saturated heterocycles. The molecule has 1 aromatic rings. The number of ether oxygens (including phenoxy) is 1. The number of benzene rings is 1. The van der Waals surface area contributed by atoms with Gasteiger partial charge in [0, 0.05) is 6.42 Å². The van der Waals surface area contributed by atoms with E-state index in [1.54, 1.807) is 0 Å². The van der Waals surface area contributed by atoms with Crippen molar-refractivity contribution in [1.29, 1.82) is 0 Å². The third-order valence-corrected chi connectivity index (χ3v) is 4.11. The van der Waals surface area contributed by atoms with Gasteiger partial charge in [0.2, 0.25) is 0 Å². The van der Waals surface area contributed by atoms with Crippen LogP contribution in [0.1, 0.15) is 36.3 Å². The molecule has 1 aliphatic carbocycles. The first-order valence-corrected chi connectivity index (χ1v) is 6.35. The lowest BCUT2D eigenvalue weighted by molar-refractivity contribution is 0.347. The molecule has 0 aromatic heterocycles. The fraction of sp³-hybridized carbons (Fsp3) is 0.571. The van der Waals surface area contributed by atoms with Gasteiger partial charge in [-0.15, -0.1) is 0 Å². The molecule has 1 saturated carbocycles. The Balaban J connectivity index is 1.97. The summed E-state index contributed by atoms with van der Waals surface area (Å²) in [6, 6.07) is 6.61. The Morgan fingerprint density at radius 1 is 1.31 bits per heavy atom. The van der Waals surface area contributed by atoms with E-state index in [0.29, 0.717) is 11.8 Å². The Bertz CT molecular complexity index is 388. The molecule has 2 atom stereocenters. The van der Waals surface area contributed by atoms with Gasteiger partial charge < -0.3 is 10.5 Å². The molecular weight excluding hydrogens is 198 g/mol. The van der Waals surface area contributed by atoms with Gasteiger partial charge in [-0.2, -0.15) is 0 Å². The molecule has 0 spiro atoms. The Kier molecular flexibility index (Phi) is 2.60. The molecule has 2 nitrogen and oxygen atoms in total. The fourth-order valence-electron chi connectivity index (χ4n) is 3.26. The second-order valence-corrected chi connectivity index (χ2v) is 4.97. The van der Waals surface area contributed by atoms with Gasteiger partial charge in [-0.1, -0.05) is 24.6 Å². The third kappa shape index (κ3) is 1.52. The van der Waals surface area contributed by atoms with Gasteiger partial charge in [-0.25, -0.2) is 0 Å². The van der Waals surface area contributed by atoms with Crippen LogP contribution < -0.4 is 10.5 Å². The van der Waals surface area contributed by atoms with E-state index >= 15 is 0 Å². The highest BCUT2D eigenvalue weighted by Gasteiger charge is 2.31. The Labute approximate surface area is 96.8 Å². The van der Waals surface area contributed by atoms with Crippen LogP contribution in [0.25, 0.3) is 0 Å². The number of para-hydroxylation sites is 1. The largest absolute Gasteiger partial charge is 0.493 e. The Morgan fingerprint density at radius 2 is 2.25 bits per heavy atom. The van der Waals surface area contributed by atoms with E-state index in [4.69, 9.17) is 10.5 Å². The van der Waals surface area contributed by atoms with Gasteiger partial charge in [-0.05, 0) is 42.3 Å². The Hall–Kier alpha value is -1.02. The van der Waals surface area contributed by atoms with E-state index in [-0.39, 0.29) is 0 Å². The zero-order chi connectivity index (χ0) is 11.0. The molecule has 1 fully saturated rings. The summed E-state index contributed by atoms with van der Waals surface area (Å²) in [5.74, 6) is 2.47. The van der Waals surface area contributed by atoms with Crippen molar-refractivity contribution in [2.45, 2.75) is 31.6 Å². The molecule has 2 unspecified atom stereocenters. The first kappa shape index (κ1) is 10.2. The monoisotopic (exact) mass is 217 g/mol. The van der Waals surface area contributed by atoms with Crippen LogP contribution in [0.3, 0.4) is 0 Å². The van der Waals surface area contributed by atoms with Crippen molar-refractivity contribution in [2.24, 2.45) is 11.7 Å². The molecule has 0 amide bonds. The number of hydrogen-bond acceptors (Lipinski definition) is 2. The molecule has 1 aromatic carbocycles. The van der Waals surface area contributed by atoms with E-state index in [0.717, 1.165) is 19.6 Å². The zero-order valence-corrected chi connectivity index (χ0v) is 9.61. The SMILES string of the molecule is NCC1CCCC1c1cccc2c1OCC2.